The fraction of sp³-hybridized carbons (Fsp3) is 0.222. The van der Waals surface area contributed by atoms with E-state index in [0.29, 0.717) is 5.75 Å². The zero-order valence-electron chi connectivity index (χ0n) is 7.42. The van der Waals surface area contributed by atoms with Crippen LogP contribution in [0.5, 0.6) is 5.75 Å². The third-order valence-corrected chi connectivity index (χ3v) is 1.57. The van der Waals surface area contributed by atoms with Gasteiger partial charge >= 0.3 is 0 Å². The quantitative estimate of drug-likeness (QED) is 0.450. The predicted octanol–water partition coefficient (Wildman–Crippen LogP) is 1.52. The number of rotatable bonds is 4. The highest BCUT2D eigenvalue weighted by Gasteiger charge is 2.06. The summed E-state index contributed by atoms with van der Waals surface area (Å²) in [5.74, 6) is 0.381. The van der Waals surface area contributed by atoms with Gasteiger partial charge in [0.1, 0.15) is 5.75 Å². The summed E-state index contributed by atoms with van der Waals surface area (Å²) in [4.78, 5) is 9.80. The van der Waals surface area contributed by atoms with E-state index in [1.54, 1.807) is 0 Å². The molecule has 1 atom stereocenters. The molecule has 0 fully saturated rings. The number of benzene rings is 1. The standard InChI is InChI=1S/C9H10NO4/c1-2-9(11)14-8-5-3-7(4-6-8)10(12)13/h3-6,9,11H,1-2H2. The first kappa shape index (κ1) is 10.5. The van der Waals surface area contributed by atoms with Crippen LogP contribution in [0.4, 0.5) is 5.69 Å². The molecule has 1 aromatic rings. The van der Waals surface area contributed by atoms with Crippen molar-refractivity contribution in [3.8, 4) is 5.75 Å². The smallest absolute Gasteiger partial charge is 0.269 e. The van der Waals surface area contributed by atoms with Crippen molar-refractivity contribution in [1.82, 2.24) is 0 Å². The van der Waals surface area contributed by atoms with Crippen molar-refractivity contribution in [3.05, 3.63) is 41.3 Å². The van der Waals surface area contributed by atoms with Crippen molar-refractivity contribution in [1.29, 1.82) is 0 Å². The van der Waals surface area contributed by atoms with Gasteiger partial charge in [0.2, 0.25) is 0 Å². The summed E-state index contributed by atoms with van der Waals surface area (Å²) in [7, 11) is 0. The second-order valence-corrected chi connectivity index (χ2v) is 2.61. The molecule has 0 aliphatic rings. The van der Waals surface area contributed by atoms with Crippen LogP contribution >= 0.6 is 0 Å². The van der Waals surface area contributed by atoms with E-state index in [-0.39, 0.29) is 12.1 Å². The monoisotopic (exact) mass is 196 g/mol. The first-order valence-corrected chi connectivity index (χ1v) is 4.02. The Morgan fingerprint density at radius 1 is 1.50 bits per heavy atom. The molecule has 1 unspecified atom stereocenters. The Morgan fingerprint density at radius 3 is 2.50 bits per heavy atom. The molecule has 5 heteroatoms. The van der Waals surface area contributed by atoms with E-state index in [1.165, 1.54) is 24.3 Å². The highest BCUT2D eigenvalue weighted by atomic mass is 16.6. The molecule has 0 saturated carbocycles. The van der Waals surface area contributed by atoms with E-state index >= 15 is 0 Å². The molecule has 1 N–H and O–H groups in total. The molecule has 1 radical (unpaired) electrons. The number of aliphatic hydroxyl groups is 1. The molecule has 1 rings (SSSR count). The van der Waals surface area contributed by atoms with Crippen LogP contribution in [0.1, 0.15) is 6.42 Å². The minimum atomic E-state index is -0.976. The van der Waals surface area contributed by atoms with E-state index in [1.807, 2.05) is 0 Å². The molecule has 0 heterocycles. The zero-order chi connectivity index (χ0) is 10.6. The molecule has 1 aromatic carbocycles. The number of nitro groups is 1. The number of nitro benzene ring substituents is 1. The first-order valence-electron chi connectivity index (χ1n) is 4.02. The van der Waals surface area contributed by atoms with Gasteiger partial charge in [-0.15, -0.1) is 0 Å². The average Bonchev–Trinajstić information content (AvgIpc) is 2.18. The third-order valence-electron chi connectivity index (χ3n) is 1.57. The number of non-ortho nitro benzene ring substituents is 1. The Kier molecular flexibility index (Phi) is 3.41. The van der Waals surface area contributed by atoms with Crippen LogP contribution in [0, 0.1) is 17.0 Å². The summed E-state index contributed by atoms with van der Waals surface area (Å²) in [6.45, 7) is 3.44. The Morgan fingerprint density at radius 2 is 2.07 bits per heavy atom. The van der Waals surface area contributed by atoms with Gasteiger partial charge in [-0.05, 0) is 19.1 Å². The molecular weight excluding hydrogens is 186 g/mol. The van der Waals surface area contributed by atoms with Gasteiger partial charge in [-0.3, -0.25) is 10.1 Å². The molecule has 0 spiro atoms. The van der Waals surface area contributed by atoms with E-state index < -0.39 is 11.2 Å². The van der Waals surface area contributed by atoms with Gasteiger partial charge in [-0.1, -0.05) is 0 Å². The average molecular weight is 196 g/mol. The SMILES string of the molecule is [CH2]CC(O)Oc1ccc([N+](=O)[O-])cc1. The normalized spacial score (nSPS) is 12.1. The summed E-state index contributed by atoms with van der Waals surface area (Å²) < 4.78 is 4.97. The van der Waals surface area contributed by atoms with Crippen molar-refractivity contribution in [2.75, 3.05) is 0 Å². The van der Waals surface area contributed by atoms with Crippen LogP contribution in [0.25, 0.3) is 0 Å². The van der Waals surface area contributed by atoms with Crippen molar-refractivity contribution >= 4 is 5.69 Å². The molecule has 0 bridgehead atoms. The van der Waals surface area contributed by atoms with Crippen molar-refractivity contribution in [3.63, 3.8) is 0 Å². The fourth-order valence-corrected chi connectivity index (χ4v) is 0.862. The van der Waals surface area contributed by atoms with Crippen molar-refractivity contribution in [2.24, 2.45) is 0 Å². The molecular formula is C9H10NO4. The van der Waals surface area contributed by atoms with E-state index in [2.05, 4.69) is 6.92 Å². The Balaban J connectivity index is 2.68. The maximum Gasteiger partial charge on any atom is 0.269 e. The topological polar surface area (TPSA) is 72.6 Å². The lowest BCUT2D eigenvalue weighted by atomic mass is 10.3. The van der Waals surface area contributed by atoms with E-state index in [4.69, 9.17) is 9.84 Å². The van der Waals surface area contributed by atoms with Crippen LogP contribution in [-0.2, 0) is 0 Å². The molecule has 0 saturated heterocycles. The second-order valence-electron chi connectivity index (χ2n) is 2.61. The van der Waals surface area contributed by atoms with Gasteiger partial charge in [0.15, 0.2) is 6.29 Å². The fourth-order valence-electron chi connectivity index (χ4n) is 0.862. The Hall–Kier alpha value is -1.62. The minimum absolute atomic E-state index is 0.0125. The van der Waals surface area contributed by atoms with Gasteiger partial charge in [-0.2, -0.15) is 0 Å². The lowest BCUT2D eigenvalue weighted by Crippen LogP contribution is -2.13. The van der Waals surface area contributed by atoms with Crippen LogP contribution in [0.3, 0.4) is 0 Å². The van der Waals surface area contributed by atoms with Gasteiger partial charge in [0.05, 0.1) is 4.92 Å². The Labute approximate surface area is 81.1 Å². The minimum Gasteiger partial charge on any atom is -0.465 e. The van der Waals surface area contributed by atoms with Gasteiger partial charge in [-0.25, -0.2) is 0 Å². The van der Waals surface area contributed by atoms with Crippen LogP contribution in [-0.4, -0.2) is 16.3 Å². The first-order chi connectivity index (χ1) is 6.63. The predicted molar refractivity (Wildman–Crippen MR) is 49.7 cm³/mol. The summed E-state index contributed by atoms with van der Waals surface area (Å²) in [5.41, 5.74) is -0.0125. The van der Waals surface area contributed by atoms with Gasteiger partial charge in [0, 0.05) is 18.6 Å². The maximum atomic E-state index is 10.3. The van der Waals surface area contributed by atoms with Crippen LogP contribution in [0.15, 0.2) is 24.3 Å². The van der Waals surface area contributed by atoms with Crippen LogP contribution < -0.4 is 4.74 Å². The number of hydrogen-bond acceptors (Lipinski definition) is 4. The van der Waals surface area contributed by atoms with Crippen LogP contribution in [0.2, 0.25) is 0 Å². The van der Waals surface area contributed by atoms with Crippen molar-refractivity contribution in [2.45, 2.75) is 12.7 Å². The van der Waals surface area contributed by atoms with Crippen molar-refractivity contribution < 1.29 is 14.8 Å². The highest BCUT2D eigenvalue weighted by Crippen LogP contribution is 2.18. The molecule has 75 valence electrons. The summed E-state index contributed by atoms with van der Waals surface area (Å²) >= 11 is 0. The number of nitrogens with zero attached hydrogens (tertiary/aromatic N) is 1. The highest BCUT2D eigenvalue weighted by molar-refractivity contribution is 5.35. The molecule has 0 aliphatic heterocycles. The summed E-state index contributed by atoms with van der Waals surface area (Å²) in [6.07, 6.45) is -0.756. The van der Waals surface area contributed by atoms with Gasteiger partial charge in [0.25, 0.3) is 5.69 Å². The summed E-state index contributed by atoms with van der Waals surface area (Å²) in [6, 6.07) is 5.48. The Bertz CT molecular complexity index is 309. The molecule has 0 aliphatic carbocycles. The maximum absolute atomic E-state index is 10.3. The van der Waals surface area contributed by atoms with Gasteiger partial charge < -0.3 is 9.84 Å². The lowest BCUT2D eigenvalue weighted by molar-refractivity contribution is -0.384. The third kappa shape index (κ3) is 2.70. The lowest BCUT2D eigenvalue weighted by Gasteiger charge is -2.10. The number of hydrogen-bond donors (Lipinski definition) is 1. The second kappa shape index (κ2) is 4.57. The van der Waals surface area contributed by atoms with E-state index in [9.17, 15) is 10.1 Å². The zero-order valence-corrected chi connectivity index (χ0v) is 7.42. The number of ether oxygens (including phenoxy) is 1. The molecule has 14 heavy (non-hydrogen) atoms. The summed E-state index contributed by atoms with van der Waals surface area (Å²) in [5, 5.41) is 19.4. The number of aliphatic hydroxyl groups excluding tert-OH is 1. The molecule has 0 aromatic heterocycles. The molecule has 5 nitrogen and oxygen atoms in total. The molecule has 0 amide bonds. The largest absolute Gasteiger partial charge is 0.465 e. The van der Waals surface area contributed by atoms with E-state index in [0.717, 1.165) is 0 Å².